The van der Waals surface area contributed by atoms with Gasteiger partial charge in [-0.3, -0.25) is 9.59 Å². The number of hydrogen-bond acceptors (Lipinski definition) is 5. The lowest BCUT2D eigenvalue weighted by Gasteiger charge is -2.28. The molecular formula is C22H24N4O3. The van der Waals surface area contributed by atoms with Gasteiger partial charge in [-0.05, 0) is 30.2 Å². The van der Waals surface area contributed by atoms with Crippen LogP contribution in [0.4, 0.5) is 0 Å². The van der Waals surface area contributed by atoms with Crippen LogP contribution in [0.5, 0.6) is 5.75 Å². The highest BCUT2D eigenvalue weighted by Crippen LogP contribution is 2.28. The molecule has 4 rings (SSSR count). The summed E-state index contributed by atoms with van der Waals surface area (Å²) in [7, 11) is 1.59. The maximum absolute atomic E-state index is 13.1. The Morgan fingerprint density at radius 1 is 1.17 bits per heavy atom. The average molecular weight is 392 g/mol. The van der Waals surface area contributed by atoms with E-state index in [1.165, 1.54) is 0 Å². The van der Waals surface area contributed by atoms with E-state index in [9.17, 15) is 9.59 Å². The number of benzene rings is 2. The standard InChI is InChI=1S/C22H24N4O3/c1-14-11-15(13-19-16-5-3-4-6-17(16)21(27)25-24-19)12-18(20(14)29-2)22(28)26-9-7-23-8-10-26/h3-6,11-12,23H,7-10,13H2,1-2H3,(H,25,27). The molecule has 1 aliphatic rings. The molecule has 0 spiro atoms. The lowest BCUT2D eigenvalue weighted by atomic mass is 9.98. The number of nitrogens with zero attached hydrogens (tertiary/aromatic N) is 2. The van der Waals surface area contributed by atoms with E-state index in [0.717, 1.165) is 35.3 Å². The fourth-order valence-corrected chi connectivity index (χ4v) is 3.92. The number of fused-ring (bicyclic) bond motifs is 1. The number of ether oxygens (including phenoxy) is 1. The van der Waals surface area contributed by atoms with Gasteiger partial charge in [0, 0.05) is 38.0 Å². The Labute approximate surface area is 168 Å². The predicted octanol–water partition coefficient (Wildman–Crippen LogP) is 1.88. The molecule has 1 aromatic heterocycles. The summed E-state index contributed by atoms with van der Waals surface area (Å²) in [6, 6.07) is 11.3. The minimum absolute atomic E-state index is 0.0208. The van der Waals surface area contributed by atoms with Crippen LogP contribution < -0.4 is 15.6 Å². The normalized spacial score (nSPS) is 14.2. The third-order valence-electron chi connectivity index (χ3n) is 5.32. The number of carbonyl (C=O) groups is 1. The Hall–Kier alpha value is -3.19. The molecule has 0 saturated carbocycles. The zero-order valence-electron chi connectivity index (χ0n) is 16.6. The van der Waals surface area contributed by atoms with E-state index in [2.05, 4.69) is 15.5 Å². The number of piperazine rings is 1. The Bertz CT molecular complexity index is 1120. The van der Waals surface area contributed by atoms with Gasteiger partial charge in [-0.1, -0.05) is 24.3 Å². The van der Waals surface area contributed by atoms with Crippen LogP contribution in [0.2, 0.25) is 0 Å². The van der Waals surface area contributed by atoms with E-state index in [-0.39, 0.29) is 11.5 Å². The van der Waals surface area contributed by atoms with Gasteiger partial charge in [0.2, 0.25) is 0 Å². The lowest BCUT2D eigenvalue weighted by Crippen LogP contribution is -2.46. The number of aromatic amines is 1. The van der Waals surface area contributed by atoms with Gasteiger partial charge in [0.15, 0.2) is 0 Å². The van der Waals surface area contributed by atoms with E-state index in [1.54, 1.807) is 13.2 Å². The van der Waals surface area contributed by atoms with Crippen molar-refractivity contribution in [3.63, 3.8) is 0 Å². The molecule has 7 nitrogen and oxygen atoms in total. The molecule has 2 N–H and O–H groups in total. The zero-order chi connectivity index (χ0) is 20.4. The van der Waals surface area contributed by atoms with Crippen LogP contribution in [0.3, 0.4) is 0 Å². The Balaban J connectivity index is 1.74. The average Bonchev–Trinajstić information content (AvgIpc) is 2.75. The SMILES string of the molecule is COc1c(C)cc(Cc2n[nH]c(=O)c3ccccc23)cc1C(=O)N1CCNCC1. The topological polar surface area (TPSA) is 87.3 Å². The van der Waals surface area contributed by atoms with Crippen molar-refractivity contribution in [3.8, 4) is 5.75 Å². The lowest BCUT2D eigenvalue weighted by molar-refractivity contribution is 0.0732. The Morgan fingerprint density at radius 2 is 1.90 bits per heavy atom. The number of amides is 1. The summed E-state index contributed by atoms with van der Waals surface area (Å²) in [5, 5.41) is 11.5. The third kappa shape index (κ3) is 3.73. The number of aryl methyl sites for hydroxylation is 1. The van der Waals surface area contributed by atoms with Crippen molar-refractivity contribution in [2.24, 2.45) is 0 Å². The van der Waals surface area contributed by atoms with Gasteiger partial charge < -0.3 is 15.0 Å². The molecular weight excluding hydrogens is 368 g/mol. The third-order valence-corrected chi connectivity index (χ3v) is 5.32. The summed E-state index contributed by atoms with van der Waals surface area (Å²) in [6.07, 6.45) is 0.504. The molecule has 1 saturated heterocycles. The zero-order valence-corrected chi connectivity index (χ0v) is 16.6. The van der Waals surface area contributed by atoms with Crippen molar-refractivity contribution in [2.45, 2.75) is 13.3 Å². The van der Waals surface area contributed by atoms with Crippen LogP contribution in [-0.2, 0) is 6.42 Å². The molecule has 0 aliphatic carbocycles. The van der Waals surface area contributed by atoms with E-state index < -0.39 is 0 Å². The second-order valence-corrected chi connectivity index (χ2v) is 7.26. The number of H-pyrrole nitrogens is 1. The second kappa shape index (κ2) is 8.05. The smallest absolute Gasteiger partial charge is 0.272 e. The summed E-state index contributed by atoms with van der Waals surface area (Å²) in [5.41, 5.74) is 2.98. The van der Waals surface area contributed by atoms with Crippen molar-refractivity contribution in [1.82, 2.24) is 20.4 Å². The van der Waals surface area contributed by atoms with E-state index >= 15 is 0 Å². The first kappa shape index (κ1) is 19.1. The largest absolute Gasteiger partial charge is 0.496 e. The Morgan fingerprint density at radius 3 is 2.62 bits per heavy atom. The minimum Gasteiger partial charge on any atom is -0.496 e. The molecule has 150 valence electrons. The molecule has 3 aromatic rings. The van der Waals surface area contributed by atoms with Gasteiger partial charge in [-0.15, -0.1) is 0 Å². The molecule has 0 radical (unpaired) electrons. The van der Waals surface area contributed by atoms with Crippen molar-refractivity contribution in [3.05, 3.63) is 69.1 Å². The van der Waals surface area contributed by atoms with Crippen LogP contribution in [-0.4, -0.2) is 54.3 Å². The quantitative estimate of drug-likeness (QED) is 0.708. The van der Waals surface area contributed by atoms with Crippen molar-refractivity contribution >= 4 is 16.7 Å². The molecule has 1 fully saturated rings. The number of methoxy groups -OCH3 is 1. The molecule has 2 heterocycles. The van der Waals surface area contributed by atoms with Crippen LogP contribution in [0.25, 0.3) is 10.8 Å². The molecule has 0 atom stereocenters. The summed E-state index contributed by atoms with van der Waals surface area (Å²) in [5.74, 6) is 0.587. The van der Waals surface area contributed by atoms with E-state index in [1.807, 2.05) is 42.2 Å². The molecule has 2 aromatic carbocycles. The predicted molar refractivity (Wildman–Crippen MR) is 112 cm³/mol. The monoisotopic (exact) mass is 392 g/mol. The summed E-state index contributed by atoms with van der Waals surface area (Å²) >= 11 is 0. The maximum Gasteiger partial charge on any atom is 0.272 e. The van der Waals surface area contributed by atoms with Gasteiger partial charge >= 0.3 is 0 Å². The van der Waals surface area contributed by atoms with Gasteiger partial charge in [0.1, 0.15) is 5.75 Å². The summed E-state index contributed by atoms with van der Waals surface area (Å²) in [4.78, 5) is 27.1. The number of nitrogens with one attached hydrogen (secondary N) is 2. The molecule has 1 aliphatic heterocycles. The van der Waals surface area contributed by atoms with Crippen molar-refractivity contribution in [1.29, 1.82) is 0 Å². The highest BCUT2D eigenvalue weighted by Gasteiger charge is 2.23. The minimum atomic E-state index is -0.204. The van der Waals surface area contributed by atoms with Crippen LogP contribution >= 0.6 is 0 Å². The van der Waals surface area contributed by atoms with Gasteiger partial charge in [-0.25, -0.2) is 5.10 Å². The van der Waals surface area contributed by atoms with Crippen LogP contribution in [0, 0.1) is 6.92 Å². The molecule has 1 amide bonds. The number of rotatable bonds is 4. The van der Waals surface area contributed by atoms with Crippen LogP contribution in [0.15, 0.2) is 41.2 Å². The van der Waals surface area contributed by atoms with E-state index in [4.69, 9.17) is 4.74 Å². The molecule has 7 heteroatoms. The summed E-state index contributed by atoms with van der Waals surface area (Å²) < 4.78 is 5.55. The van der Waals surface area contributed by atoms with Gasteiger partial charge in [0.25, 0.3) is 11.5 Å². The fourth-order valence-electron chi connectivity index (χ4n) is 3.92. The first-order valence-electron chi connectivity index (χ1n) is 9.72. The highest BCUT2D eigenvalue weighted by atomic mass is 16.5. The second-order valence-electron chi connectivity index (χ2n) is 7.26. The van der Waals surface area contributed by atoms with Crippen molar-refractivity contribution < 1.29 is 9.53 Å². The molecule has 0 unspecified atom stereocenters. The first-order valence-corrected chi connectivity index (χ1v) is 9.72. The Kier molecular flexibility index (Phi) is 5.31. The van der Waals surface area contributed by atoms with Crippen LogP contribution in [0.1, 0.15) is 27.2 Å². The first-order chi connectivity index (χ1) is 14.1. The highest BCUT2D eigenvalue weighted by molar-refractivity contribution is 5.97. The van der Waals surface area contributed by atoms with Crippen molar-refractivity contribution in [2.75, 3.05) is 33.3 Å². The number of hydrogen-bond donors (Lipinski definition) is 2. The van der Waals surface area contributed by atoms with Gasteiger partial charge in [-0.2, -0.15) is 5.10 Å². The molecule has 29 heavy (non-hydrogen) atoms. The molecule has 0 bridgehead atoms. The maximum atomic E-state index is 13.1. The fraction of sp³-hybridized carbons (Fsp3) is 0.318. The number of carbonyl (C=O) groups excluding carboxylic acids is 1. The summed E-state index contributed by atoms with van der Waals surface area (Å²) in [6.45, 7) is 4.88. The number of aromatic nitrogens is 2. The van der Waals surface area contributed by atoms with Gasteiger partial charge in [0.05, 0.1) is 23.8 Å². The van der Waals surface area contributed by atoms with E-state index in [0.29, 0.717) is 36.2 Å².